The van der Waals surface area contributed by atoms with Crippen LogP contribution in [0.15, 0.2) is 18.2 Å². The van der Waals surface area contributed by atoms with Gasteiger partial charge in [-0.15, -0.1) is 0 Å². The van der Waals surface area contributed by atoms with Gasteiger partial charge in [0.2, 0.25) is 5.91 Å². The van der Waals surface area contributed by atoms with Gasteiger partial charge in [0, 0.05) is 30.6 Å². The molecule has 0 bridgehead atoms. The first-order chi connectivity index (χ1) is 12.9. The third-order valence-electron chi connectivity index (χ3n) is 6.52. The van der Waals surface area contributed by atoms with Gasteiger partial charge in [0.15, 0.2) is 0 Å². The van der Waals surface area contributed by atoms with Crippen molar-refractivity contribution in [3.05, 3.63) is 29.3 Å². The average Bonchev–Trinajstić information content (AvgIpc) is 3.53. The molecule has 1 spiro atoms. The number of likely N-dealkylation sites (tertiary alicyclic amines) is 1. The molecule has 1 aliphatic heterocycles. The minimum atomic E-state index is -0.0786. The lowest BCUT2D eigenvalue weighted by atomic mass is 10.0. The van der Waals surface area contributed by atoms with Gasteiger partial charge in [0.05, 0.1) is 6.61 Å². The van der Waals surface area contributed by atoms with Gasteiger partial charge >= 0.3 is 0 Å². The van der Waals surface area contributed by atoms with Crippen LogP contribution in [0, 0.1) is 24.2 Å². The summed E-state index contributed by atoms with van der Waals surface area (Å²) in [5, 5.41) is 3.07. The SMILES string of the molecule is CCOc1ccc(C(=O)NCC2CC3(CC3)CN2C(=O)[C@@H]2C[C@H]2C)cc1C. The highest BCUT2D eigenvalue weighted by Gasteiger charge is 2.55. The molecule has 3 aliphatic rings. The molecule has 3 fully saturated rings. The van der Waals surface area contributed by atoms with Crippen molar-refractivity contribution in [2.75, 3.05) is 19.7 Å². The van der Waals surface area contributed by atoms with E-state index in [-0.39, 0.29) is 17.9 Å². The van der Waals surface area contributed by atoms with Gasteiger partial charge < -0.3 is 15.0 Å². The number of aryl methyl sites for hydroxylation is 1. The van der Waals surface area contributed by atoms with E-state index in [1.807, 2.05) is 26.0 Å². The minimum Gasteiger partial charge on any atom is -0.494 e. The first-order valence-corrected chi connectivity index (χ1v) is 10.2. The Labute approximate surface area is 161 Å². The maximum Gasteiger partial charge on any atom is 0.251 e. The normalized spacial score (nSPS) is 27.5. The second-order valence-corrected chi connectivity index (χ2v) is 8.77. The molecule has 5 heteroatoms. The maximum atomic E-state index is 12.8. The van der Waals surface area contributed by atoms with Crippen LogP contribution in [-0.2, 0) is 4.79 Å². The first-order valence-electron chi connectivity index (χ1n) is 10.2. The number of ether oxygens (including phenoxy) is 1. The summed E-state index contributed by atoms with van der Waals surface area (Å²) in [6, 6.07) is 5.67. The van der Waals surface area contributed by atoms with E-state index < -0.39 is 0 Å². The van der Waals surface area contributed by atoms with E-state index in [2.05, 4.69) is 17.1 Å². The van der Waals surface area contributed by atoms with Crippen molar-refractivity contribution < 1.29 is 14.3 Å². The van der Waals surface area contributed by atoms with Crippen LogP contribution < -0.4 is 10.1 Å². The van der Waals surface area contributed by atoms with E-state index in [0.29, 0.717) is 36.0 Å². The minimum absolute atomic E-state index is 0.0786. The zero-order valence-corrected chi connectivity index (χ0v) is 16.6. The summed E-state index contributed by atoms with van der Waals surface area (Å²) >= 11 is 0. The molecule has 1 aromatic rings. The molecule has 1 saturated heterocycles. The summed E-state index contributed by atoms with van der Waals surface area (Å²) < 4.78 is 5.54. The fourth-order valence-electron chi connectivity index (χ4n) is 4.44. The number of nitrogens with one attached hydrogen (secondary N) is 1. The number of hydrogen-bond acceptors (Lipinski definition) is 3. The van der Waals surface area contributed by atoms with E-state index in [1.165, 1.54) is 12.8 Å². The van der Waals surface area contributed by atoms with Crippen LogP contribution in [0.5, 0.6) is 5.75 Å². The van der Waals surface area contributed by atoms with Crippen molar-refractivity contribution in [3.63, 3.8) is 0 Å². The maximum absolute atomic E-state index is 12.8. The number of rotatable bonds is 6. The molecule has 5 nitrogen and oxygen atoms in total. The Morgan fingerprint density at radius 2 is 2.07 bits per heavy atom. The topological polar surface area (TPSA) is 58.6 Å². The summed E-state index contributed by atoms with van der Waals surface area (Å²) in [5.74, 6) is 1.78. The summed E-state index contributed by atoms with van der Waals surface area (Å²) in [7, 11) is 0. The van der Waals surface area contributed by atoms with Crippen LogP contribution in [0.3, 0.4) is 0 Å². The van der Waals surface area contributed by atoms with E-state index in [1.54, 1.807) is 6.07 Å². The van der Waals surface area contributed by atoms with Crippen LogP contribution in [0.4, 0.5) is 0 Å². The van der Waals surface area contributed by atoms with Gasteiger partial charge in [-0.25, -0.2) is 0 Å². The number of amides is 2. The van der Waals surface area contributed by atoms with Crippen molar-refractivity contribution in [3.8, 4) is 5.75 Å². The number of nitrogens with zero attached hydrogens (tertiary/aromatic N) is 1. The largest absolute Gasteiger partial charge is 0.494 e. The quantitative estimate of drug-likeness (QED) is 0.837. The van der Waals surface area contributed by atoms with Crippen LogP contribution >= 0.6 is 0 Å². The van der Waals surface area contributed by atoms with Crippen LogP contribution in [0.1, 0.15) is 55.5 Å². The highest BCUT2D eigenvalue weighted by Crippen LogP contribution is 2.55. The molecule has 3 atom stereocenters. The third-order valence-corrected chi connectivity index (χ3v) is 6.52. The molecule has 1 unspecified atom stereocenters. The lowest BCUT2D eigenvalue weighted by molar-refractivity contribution is -0.133. The van der Waals surface area contributed by atoms with Gasteiger partial charge in [-0.3, -0.25) is 9.59 Å². The Kier molecular flexibility index (Phi) is 4.65. The van der Waals surface area contributed by atoms with Crippen molar-refractivity contribution in [2.45, 2.75) is 52.5 Å². The van der Waals surface area contributed by atoms with Crippen LogP contribution in [-0.4, -0.2) is 42.5 Å². The first kappa shape index (κ1) is 18.3. The fourth-order valence-corrected chi connectivity index (χ4v) is 4.44. The molecule has 0 radical (unpaired) electrons. The number of hydrogen-bond donors (Lipinski definition) is 1. The summed E-state index contributed by atoms with van der Waals surface area (Å²) in [6.07, 6.45) is 4.49. The third kappa shape index (κ3) is 3.69. The van der Waals surface area contributed by atoms with E-state index >= 15 is 0 Å². The van der Waals surface area contributed by atoms with Crippen molar-refractivity contribution in [2.24, 2.45) is 17.3 Å². The fraction of sp³-hybridized carbons (Fsp3) is 0.636. The molecule has 1 aromatic carbocycles. The second-order valence-electron chi connectivity index (χ2n) is 8.77. The Morgan fingerprint density at radius 3 is 2.67 bits per heavy atom. The Balaban J connectivity index is 1.38. The summed E-state index contributed by atoms with van der Waals surface area (Å²) in [5.41, 5.74) is 1.95. The highest BCUT2D eigenvalue weighted by atomic mass is 16.5. The molecule has 0 aromatic heterocycles. The number of carbonyl (C=O) groups excluding carboxylic acids is 2. The van der Waals surface area contributed by atoms with Crippen molar-refractivity contribution in [1.29, 1.82) is 0 Å². The average molecular weight is 370 g/mol. The Hall–Kier alpha value is -2.04. The molecule has 4 rings (SSSR count). The van der Waals surface area contributed by atoms with E-state index in [4.69, 9.17) is 4.74 Å². The molecule has 2 aliphatic carbocycles. The van der Waals surface area contributed by atoms with E-state index in [0.717, 1.165) is 30.7 Å². The van der Waals surface area contributed by atoms with Crippen molar-refractivity contribution >= 4 is 11.8 Å². The van der Waals surface area contributed by atoms with Gasteiger partial charge in [-0.1, -0.05) is 6.92 Å². The van der Waals surface area contributed by atoms with E-state index in [9.17, 15) is 9.59 Å². The molecule has 1 heterocycles. The Morgan fingerprint density at radius 1 is 1.33 bits per heavy atom. The zero-order valence-electron chi connectivity index (χ0n) is 16.6. The lowest BCUT2D eigenvalue weighted by Crippen LogP contribution is -2.44. The predicted octanol–water partition coefficient (Wildman–Crippen LogP) is 3.16. The molecule has 146 valence electrons. The van der Waals surface area contributed by atoms with Crippen LogP contribution in [0.2, 0.25) is 0 Å². The van der Waals surface area contributed by atoms with Gasteiger partial charge in [0.25, 0.3) is 5.91 Å². The molecule has 27 heavy (non-hydrogen) atoms. The molecule has 2 saturated carbocycles. The summed E-state index contributed by atoms with van der Waals surface area (Å²) in [6.45, 7) is 8.09. The molecular weight excluding hydrogens is 340 g/mol. The molecule has 1 N–H and O–H groups in total. The standard InChI is InChI=1S/C22H30N2O3/c1-4-27-19-6-5-16(9-15(19)3)20(25)23-12-17-11-22(7-8-22)13-24(17)21(26)18-10-14(18)2/h5-6,9,14,17-18H,4,7-8,10-13H2,1-3H3,(H,23,25)/t14-,17?,18-/m1/s1. The van der Waals surface area contributed by atoms with Crippen molar-refractivity contribution in [1.82, 2.24) is 10.2 Å². The van der Waals surface area contributed by atoms with Gasteiger partial charge in [-0.2, -0.15) is 0 Å². The molecule has 2 amide bonds. The smallest absolute Gasteiger partial charge is 0.251 e. The molecular formula is C22H30N2O3. The monoisotopic (exact) mass is 370 g/mol. The second kappa shape index (κ2) is 6.84. The lowest BCUT2D eigenvalue weighted by Gasteiger charge is -2.25. The Bertz CT molecular complexity index is 756. The van der Waals surface area contributed by atoms with Gasteiger partial charge in [-0.05, 0) is 74.6 Å². The zero-order chi connectivity index (χ0) is 19.2. The number of carbonyl (C=O) groups is 2. The van der Waals surface area contributed by atoms with Gasteiger partial charge in [0.1, 0.15) is 5.75 Å². The highest BCUT2D eigenvalue weighted by molar-refractivity contribution is 5.94. The number of benzene rings is 1. The predicted molar refractivity (Wildman–Crippen MR) is 104 cm³/mol. The van der Waals surface area contributed by atoms with Crippen LogP contribution in [0.25, 0.3) is 0 Å². The summed E-state index contributed by atoms with van der Waals surface area (Å²) in [4.78, 5) is 27.5.